The fourth-order valence-electron chi connectivity index (χ4n) is 2.79. The molecule has 0 aliphatic rings. The van der Waals surface area contributed by atoms with E-state index in [2.05, 4.69) is 39.6 Å². The van der Waals surface area contributed by atoms with E-state index in [1.807, 2.05) is 48.5 Å². The Morgan fingerprint density at radius 1 is 1.03 bits per heavy atom. The van der Waals surface area contributed by atoms with E-state index < -0.39 is 0 Å². The molecule has 0 saturated carbocycles. The predicted octanol–water partition coefficient (Wildman–Crippen LogP) is 4.87. The Labute approximate surface area is 184 Å². The van der Waals surface area contributed by atoms with Gasteiger partial charge in [0.15, 0.2) is 4.34 Å². The van der Waals surface area contributed by atoms with Crippen molar-refractivity contribution in [2.45, 2.75) is 18.2 Å². The molecule has 0 unspecified atom stereocenters. The summed E-state index contributed by atoms with van der Waals surface area (Å²) in [5, 5.41) is 15.1. The second-order valence-corrected chi connectivity index (χ2v) is 8.48. The van der Waals surface area contributed by atoms with Crippen LogP contribution in [0.5, 0.6) is 5.75 Å². The molecule has 2 N–H and O–H groups in total. The molecule has 0 spiro atoms. The van der Waals surface area contributed by atoms with Crippen LogP contribution in [-0.2, 0) is 4.79 Å². The number of nitrogens with one attached hydrogen (secondary N) is 2. The quantitative estimate of drug-likeness (QED) is 0.433. The van der Waals surface area contributed by atoms with Crippen LogP contribution in [0, 0.1) is 0 Å². The van der Waals surface area contributed by atoms with Gasteiger partial charge in [0, 0.05) is 30.2 Å². The zero-order valence-electron chi connectivity index (χ0n) is 17.2. The van der Waals surface area contributed by atoms with Crippen LogP contribution in [0.4, 0.5) is 22.2 Å². The summed E-state index contributed by atoms with van der Waals surface area (Å²) in [4.78, 5) is 14.5. The number of benzene rings is 2. The molecule has 1 heterocycles. The summed E-state index contributed by atoms with van der Waals surface area (Å²) in [6, 6.07) is 15.5. The number of ether oxygens (including phenoxy) is 1. The number of carbonyl (C=O) groups is 1. The molecule has 0 radical (unpaired) electrons. The smallest absolute Gasteiger partial charge is 0.234 e. The molecule has 1 aromatic heterocycles. The Kier molecular flexibility index (Phi) is 7.92. The Morgan fingerprint density at radius 3 is 2.33 bits per heavy atom. The molecule has 7 nitrogen and oxygen atoms in total. The summed E-state index contributed by atoms with van der Waals surface area (Å²) in [7, 11) is 1.63. The van der Waals surface area contributed by atoms with Crippen LogP contribution < -0.4 is 20.3 Å². The summed E-state index contributed by atoms with van der Waals surface area (Å²) >= 11 is 2.77. The highest BCUT2D eigenvalue weighted by Gasteiger charge is 2.09. The number of hydrogen-bond acceptors (Lipinski definition) is 8. The lowest BCUT2D eigenvalue weighted by Gasteiger charge is -2.21. The van der Waals surface area contributed by atoms with Crippen molar-refractivity contribution in [1.29, 1.82) is 0 Å². The maximum atomic E-state index is 12.3. The highest BCUT2D eigenvalue weighted by atomic mass is 32.2. The van der Waals surface area contributed by atoms with Crippen LogP contribution in [0.3, 0.4) is 0 Å². The first-order valence-corrected chi connectivity index (χ1v) is 11.4. The third-order valence-electron chi connectivity index (χ3n) is 4.35. The van der Waals surface area contributed by atoms with E-state index in [-0.39, 0.29) is 11.7 Å². The van der Waals surface area contributed by atoms with Gasteiger partial charge in [0.25, 0.3) is 0 Å². The Bertz CT molecular complexity index is 941. The van der Waals surface area contributed by atoms with Crippen LogP contribution in [0.25, 0.3) is 0 Å². The first-order valence-electron chi connectivity index (χ1n) is 9.63. The molecule has 0 fully saturated rings. The van der Waals surface area contributed by atoms with Gasteiger partial charge in [-0.15, -0.1) is 10.2 Å². The van der Waals surface area contributed by atoms with Gasteiger partial charge in [-0.05, 0) is 62.4 Å². The van der Waals surface area contributed by atoms with Crippen LogP contribution in [0.1, 0.15) is 13.8 Å². The molecule has 0 bridgehead atoms. The average Bonchev–Trinajstić information content (AvgIpc) is 3.22. The molecule has 2 aromatic carbocycles. The minimum atomic E-state index is -0.0737. The zero-order valence-corrected chi connectivity index (χ0v) is 18.8. The molecular weight excluding hydrogens is 418 g/mol. The van der Waals surface area contributed by atoms with Crippen molar-refractivity contribution in [3.8, 4) is 5.75 Å². The summed E-state index contributed by atoms with van der Waals surface area (Å²) < 4.78 is 5.88. The van der Waals surface area contributed by atoms with E-state index in [1.54, 1.807) is 7.11 Å². The first-order chi connectivity index (χ1) is 14.6. The third kappa shape index (κ3) is 6.11. The molecule has 1 amide bonds. The molecule has 0 atom stereocenters. The van der Waals surface area contributed by atoms with Gasteiger partial charge in [0.2, 0.25) is 11.0 Å². The van der Waals surface area contributed by atoms with Crippen molar-refractivity contribution in [3.05, 3.63) is 48.5 Å². The zero-order chi connectivity index (χ0) is 21.3. The Morgan fingerprint density at radius 2 is 1.70 bits per heavy atom. The SMILES string of the molecule is CCN(CC)c1ccc(NC(=O)CSc2nnc(Nc3ccc(OC)cc3)s2)cc1. The topological polar surface area (TPSA) is 79.4 Å². The van der Waals surface area contributed by atoms with Gasteiger partial charge >= 0.3 is 0 Å². The number of methoxy groups -OCH3 is 1. The molecule has 9 heteroatoms. The van der Waals surface area contributed by atoms with E-state index in [0.717, 1.165) is 40.2 Å². The third-order valence-corrected chi connectivity index (χ3v) is 6.33. The van der Waals surface area contributed by atoms with E-state index >= 15 is 0 Å². The Balaban J connectivity index is 1.48. The number of thioether (sulfide) groups is 1. The van der Waals surface area contributed by atoms with Gasteiger partial charge in [0.1, 0.15) is 5.75 Å². The van der Waals surface area contributed by atoms with Crippen LogP contribution >= 0.6 is 23.1 Å². The van der Waals surface area contributed by atoms with Crippen LogP contribution in [0.15, 0.2) is 52.9 Å². The Hall–Kier alpha value is -2.78. The fourth-order valence-corrected chi connectivity index (χ4v) is 4.36. The molecule has 158 valence electrons. The van der Waals surface area contributed by atoms with Gasteiger partial charge < -0.3 is 20.3 Å². The van der Waals surface area contributed by atoms with Gasteiger partial charge in [-0.2, -0.15) is 0 Å². The number of nitrogens with zero attached hydrogens (tertiary/aromatic N) is 3. The molecule has 0 aliphatic carbocycles. The van der Waals surface area contributed by atoms with Crippen molar-refractivity contribution in [2.24, 2.45) is 0 Å². The molecule has 0 aliphatic heterocycles. The summed E-state index contributed by atoms with van der Waals surface area (Å²) in [5.41, 5.74) is 2.84. The van der Waals surface area contributed by atoms with Gasteiger partial charge in [-0.25, -0.2) is 0 Å². The van der Waals surface area contributed by atoms with Crippen molar-refractivity contribution < 1.29 is 9.53 Å². The number of anilines is 4. The highest BCUT2D eigenvalue weighted by molar-refractivity contribution is 8.01. The number of carbonyl (C=O) groups excluding carboxylic acids is 1. The largest absolute Gasteiger partial charge is 0.497 e. The highest BCUT2D eigenvalue weighted by Crippen LogP contribution is 2.28. The van der Waals surface area contributed by atoms with Crippen molar-refractivity contribution in [2.75, 3.05) is 41.5 Å². The number of rotatable bonds is 10. The molecule has 3 aromatic rings. The maximum Gasteiger partial charge on any atom is 0.234 e. The lowest BCUT2D eigenvalue weighted by molar-refractivity contribution is -0.113. The second kappa shape index (κ2) is 10.8. The fraction of sp³-hybridized carbons (Fsp3) is 0.286. The van der Waals surface area contributed by atoms with Gasteiger partial charge in [-0.3, -0.25) is 4.79 Å². The summed E-state index contributed by atoms with van der Waals surface area (Å²) in [6.45, 7) is 6.16. The van der Waals surface area contributed by atoms with Gasteiger partial charge in [0.05, 0.1) is 12.9 Å². The lowest BCUT2D eigenvalue weighted by Crippen LogP contribution is -2.21. The van der Waals surface area contributed by atoms with E-state index in [1.165, 1.54) is 23.1 Å². The van der Waals surface area contributed by atoms with Crippen molar-refractivity contribution >= 4 is 51.2 Å². The van der Waals surface area contributed by atoms with E-state index in [0.29, 0.717) is 5.13 Å². The average molecular weight is 444 g/mol. The van der Waals surface area contributed by atoms with E-state index in [4.69, 9.17) is 4.74 Å². The number of aromatic nitrogens is 2. The molecule has 3 rings (SSSR count). The molecule has 30 heavy (non-hydrogen) atoms. The second-order valence-electron chi connectivity index (χ2n) is 6.28. The summed E-state index contributed by atoms with van der Waals surface area (Å²) in [5.74, 6) is 0.993. The molecular formula is C21H25N5O2S2. The predicted molar refractivity (Wildman–Crippen MR) is 126 cm³/mol. The van der Waals surface area contributed by atoms with Crippen molar-refractivity contribution in [3.63, 3.8) is 0 Å². The number of amides is 1. The van der Waals surface area contributed by atoms with Crippen LogP contribution in [-0.4, -0.2) is 42.1 Å². The summed E-state index contributed by atoms with van der Waals surface area (Å²) in [6.07, 6.45) is 0. The van der Waals surface area contributed by atoms with Crippen molar-refractivity contribution in [1.82, 2.24) is 10.2 Å². The van der Waals surface area contributed by atoms with E-state index in [9.17, 15) is 4.79 Å². The van der Waals surface area contributed by atoms with Gasteiger partial charge in [-0.1, -0.05) is 23.1 Å². The van der Waals surface area contributed by atoms with Crippen LogP contribution in [0.2, 0.25) is 0 Å². The lowest BCUT2D eigenvalue weighted by atomic mass is 10.2. The minimum absolute atomic E-state index is 0.0737. The monoisotopic (exact) mass is 443 g/mol. The standard InChI is InChI=1S/C21H25N5O2S2/c1-4-26(5-2)17-10-6-15(7-11-17)22-19(27)14-29-21-25-24-20(30-21)23-16-8-12-18(28-3)13-9-16/h6-13H,4-5,14H2,1-3H3,(H,22,27)(H,23,24). The minimum Gasteiger partial charge on any atom is -0.497 e. The number of hydrogen-bond donors (Lipinski definition) is 2. The normalized spacial score (nSPS) is 10.5. The maximum absolute atomic E-state index is 12.3. The molecule has 0 saturated heterocycles. The first kappa shape index (κ1) is 21.9.